The molecule has 1 fully saturated rings. The number of benzene rings is 3. The van der Waals surface area contributed by atoms with Gasteiger partial charge in [-0.2, -0.15) is 5.26 Å². The van der Waals surface area contributed by atoms with Gasteiger partial charge in [0, 0.05) is 11.3 Å². The fraction of sp³-hybridized carbons (Fsp3) is 0.172. The third-order valence-electron chi connectivity index (χ3n) is 5.70. The van der Waals surface area contributed by atoms with Gasteiger partial charge in [-0.05, 0) is 55.8 Å². The molecule has 0 unspecified atom stereocenters. The summed E-state index contributed by atoms with van der Waals surface area (Å²) in [6, 6.07) is 20.9. The van der Waals surface area contributed by atoms with Crippen LogP contribution in [0.1, 0.15) is 29.2 Å². The lowest BCUT2D eigenvalue weighted by molar-refractivity contribution is -0.127. The van der Waals surface area contributed by atoms with Crippen LogP contribution in [0.25, 0.3) is 6.08 Å². The maximum Gasteiger partial charge on any atom is 0.329 e. The minimum Gasteiger partial charge on any atom is -0.490 e. The third-order valence-corrected chi connectivity index (χ3v) is 5.70. The Labute approximate surface area is 220 Å². The van der Waals surface area contributed by atoms with Crippen LogP contribution < -0.4 is 20.1 Å². The predicted octanol–water partition coefficient (Wildman–Crippen LogP) is 4.38. The summed E-state index contributed by atoms with van der Waals surface area (Å²) in [6.07, 6.45) is 1.51. The molecule has 38 heavy (non-hydrogen) atoms. The predicted molar refractivity (Wildman–Crippen MR) is 141 cm³/mol. The van der Waals surface area contributed by atoms with E-state index in [1.165, 1.54) is 6.08 Å². The SMILES string of the molecule is CCOc1cc(/C=C2\NC(=O)N(CC(=O)Nc3ccc(C)cc3)C2=O)ccc1OCc1ccccc1C#N. The molecule has 0 saturated carbocycles. The van der Waals surface area contributed by atoms with Crippen molar-refractivity contribution in [3.63, 3.8) is 0 Å². The number of imide groups is 1. The van der Waals surface area contributed by atoms with E-state index in [2.05, 4.69) is 16.7 Å². The quantitative estimate of drug-likeness (QED) is 0.326. The zero-order valence-electron chi connectivity index (χ0n) is 21.0. The molecule has 1 aliphatic heterocycles. The number of carbonyl (C=O) groups is 3. The number of carbonyl (C=O) groups excluding carboxylic acids is 3. The van der Waals surface area contributed by atoms with Crippen LogP contribution >= 0.6 is 0 Å². The number of nitrogens with one attached hydrogen (secondary N) is 2. The fourth-order valence-electron chi connectivity index (χ4n) is 3.78. The molecule has 3 aromatic rings. The molecule has 192 valence electrons. The Morgan fingerprint density at radius 1 is 1.05 bits per heavy atom. The number of nitriles is 1. The van der Waals surface area contributed by atoms with Crippen LogP contribution in [-0.2, 0) is 16.2 Å². The average molecular weight is 511 g/mol. The second kappa shape index (κ2) is 11.8. The van der Waals surface area contributed by atoms with Crippen LogP contribution in [0.4, 0.5) is 10.5 Å². The first-order valence-corrected chi connectivity index (χ1v) is 12.0. The van der Waals surface area contributed by atoms with Gasteiger partial charge in [-0.25, -0.2) is 9.69 Å². The van der Waals surface area contributed by atoms with Crippen molar-refractivity contribution in [3.05, 3.63) is 94.7 Å². The van der Waals surface area contributed by atoms with Gasteiger partial charge in [0.05, 0.1) is 18.2 Å². The number of urea groups is 1. The minimum absolute atomic E-state index is 0.0391. The summed E-state index contributed by atoms with van der Waals surface area (Å²) in [7, 11) is 0. The first kappa shape index (κ1) is 26.0. The summed E-state index contributed by atoms with van der Waals surface area (Å²) in [5, 5.41) is 14.5. The highest BCUT2D eigenvalue weighted by Gasteiger charge is 2.35. The number of anilines is 1. The summed E-state index contributed by atoms with van der Waals surface area (Å²) < 4.78 is 11.6. The van der Waals surface area contributed by atoms with E-state index >= 15 is 0 Å². The van der Waals surface area contributed by atoms with E-state index in [0.717, 1.165) is 16.0 Å². The van der Waals surface area contributed by atoms with Gasteiger partial charge >= 0.3 is 6.03 Å². The molecule has 0 aliphatic carbocycles. The fourth-order valence-corrected chi connectivity index (χ4v) is 3.78. The molecule has 1 heterocycles. The molecule has 0 atom stereocenters. The molecule has 0 spiro atoms. The number of nitrogens with zero attached hydrogens (tertiary/aromatic N) is 2. The number of ether oxygens (including phenoxy) is 2. The summed E-state index contributed by atoms with van der Waals surface area (Å²) >= 11 is 0. The van der Waals surface area contributed by atoms with Crippen LogP contribution in [0.15, 0.2) is 72.4 Å². The van der Waals surface area contributed by atoms with Crippen molar-refractivity contribution in [1.82, 2.24) is 10.2 Å². The summed E-state index contributed by atoms with van der Waals surface area (Å²) in [5.74, 6) is -0.183. The van der Waals surface area contributed by atoms with Crippen molar-refractivity contribution < 1.29 is 23.9 Å². The van der Waals surface area contributed by atoms with E-state index in [-0.39, 0.29) is 12.3 Å². The second-order valence-corrected chi connectivity index (χ2v) is 8.49. The van der Waals surface area contributed by atoms with Crippen molar-refractivity contribution in [2.45, 2.75) is 20.5 Å². The Balaban J connectivity index is 1.45. The average Bonchev–Trinajstić information content (AvgIpc) is 3.17. The number of hydrogen-bond donors (Lipinski definition) is 2. The number of amides is 4. The van der Waals surface area contributed by atoms with Crippen molar-refractivity contribution in [2.75, 3.05) is 18.5 Å². The molecule has 9 nitrogen and oxygen atoms in total. The van der Waals surface area contributed by atoms with E-state index in [1.807, 2.05) is 38.1 Å². The van der Waals surface area contributed by atoms with E-state index in [9.17, 15) is 19.6 Å². The second-order valence-electron chi connectivity index (χ2n) is 8.49. The van der Waals surface area contributed by atoms with Crippen molar-refractivity contribution in [2.24, 2.45) is 0 Å². The van der Waals surface area contributed by atoms with Crippen LogP contribution in [0.5, 0.6) is 11.5 Å². The van der Waals surface area contributed by atoms with E-state index in [1.54, 1.807) is 42.5 Å². The number of rotatable bonds is 9. The molecule has 1 aliphatic rings. The summed E-state index contributed by atoms with van der Waals surface area (Å²) in [5.41, 5.74) is 3.52. The van der Waals surface area contributed by atoms with Crippen LogP contribution in [-0.4, -0.2) is 35.9 Å². The van der Waals surface area contributed by atoms with Gasteiger partial charge in [0.1, 0.15) is 18.8 Å². The molecular formula is C29H26N4O5. The highest BCUT2D eigenvalue weighted by atomic mass is 16.5. The Hall–Kier alpha value is -5.10. The molecule has 2 N–H and O–H groups in total. The number of hydrogen-bond acceptors (Lipinski definition) is 6. The van der Waals surface area contributed by atoms with Gasteiger partial charge in [-0.3, -0.25) is 9.59 Å². The van der Waals surface area contributed by atoms with Gasteiger partial charge in [-0.1, -0.05) is 42.0 Å². The Morgan fingerprint density at radius 3 is 2.55 bits per heavy atom. The lowest BCUT2D eigenvalue weighted by atomic mass is 10.1. The highest BCUT2D eigenvalue weighted by molar-refractivity contribution is 6.16. The lowest BCUT2D eigenvalue weighted by Crippen LogP contribution is -2.38. The molecule has 0 aromatic heterocycles. The Bertz CT molecular complexity index is 1440. The minimum atomic E-state index is -0.679. The van der Waals surface area contributed by atoms with Crippen LogP contribution in [0.2, 0.25) is 0 Å². The molecule has 9 heteroatoms. The van der Waals surface area contributed by atoms with Crippen molar-refractivity contribution >= 4 is 29.6 Å². The van der Waals surface area contributed by atoms with Gasteiger partial charge in [0.25, 0.3) is 5.91 Å². The normalized spacial score (nSPS) is 13.7. The zero-order valence-corrected chi connectivity index (χ0v) is 21.0. The maximum atomic E-state index is 12.9. The molecule has 4 rings (SSSR count). The molecule has 0 radical (unpaired) electrons. The smallest absolute Gasteiger partial charge is 0.329 e. The summed E-state index contributed by atoms with van der Waals surface area (Å²) in [6.45, 7) is 3.90. The monoisotopic (exact) mass is 510 g/mol. The van der Waals surface area contributed by atoms with Gasteiger partial charge < -0.3 is 20.1 Å². The van der Waals surface area contributed by atoms with Crippen LogP contribution in [0, 0.1) is 18.3 Å². The highest BCUT2D eigenvalue weighted by Crippen LogP contribution is 2.30. The largest absolute Gasteiger partial charge is 0.490 e. The molecule has 3 aromatic carbocycles. The zero-order chi connectivity index (χ0) is 27.1. The summed E-state index contributed by atoms with van der Waals surface area (Å²) in [4.78, 5) is 38.5. The van der Waals surface area contributed by atoms with E-state index in [0.29, 0.717) is 34.9 Å². The standard InChI is InChI=1S/C29H26N4O5/c1-3-37-26-15-20(10-13-25(26)38-18-22-7-5-4-6-21(22)16-30)14-24-28(35)33(29(36)32-24)17-27(34)31-23-11-8-19(2)9-12-23/h4-15H,3,17-18H2,1-2H3,(H,31,34)(H,32,36)/b24-14-. The van der Waals surface area contributed by atoms with E-state index in [4.69, 9.17) is 9.47 Å². The van der Waals surface area contributed by atoms with Gasteiger partial charge in [-0.15, -0.1) is 0 Å². The van der Waals surface area contributed by atoms with Gasteiger partial charge in [0.15, 0.2) is 11.5 Å². The first-order chi connectivity index (χ1) is 18.4. The van der Waals surface area contributed by atoms with Crippen molar-refractivity contribution in [1.29, 1.82) is 5.26 Å². The molecular weight excluding hydrogens is 484 g/mol. The van der Waals surface area contributed by atoms with Gasteiger partial charge in [0.2, 0.25) is 5.91 Å². The maximum absolute atomic E-state index is 12.9. The molecule has 1 saturated heterocycles. The third kappa shape index (κ3) is 6.17. The molecule has 4 amide bonds. The van der Waals surface area contributed by atoms with E-state index < -0.39 is 24.4 Å². The first-order valence-electron chi connectivity index (χ1n) is 12.0. The Kier molecular flexibility index (Phi) is 8.04. The lowest BCUT2D eigenvalue weighted by Gasteiger charge is -2.13. The topological polar surface area (TPSA) is 121 Å². The Morgan fingerprint density at radius 2 is 1.82 bits per heavy atom. The molecule has 0 bridgehead atoms. The number of aryl methyl sites for hydroxylation is 1. The van der Waals surface area contributed by atoms with Crippen molar-refractivity contribution in [3.8, 4) is 17.6 Å². The van der Waals surface area contributed by atoms with Crippen LogP contribution in [0.3, 0.4) is 0 Å².